The van der Waals surface area contributed by atoms with E-state index in [9.17, 15) is 4.79 Å². The summed E-state index contributed by atoms with van der Waals surface area (Å²) in [6, 6.07) is 3.58. The highest BCUT2D eigenvalue weighted by Gasteiger charge is 2.23. The van der Waals surface area contributed by atoms with Gasteiger partial charge < -0.3 is 9.73 Å². The molecule has 100 valence electrons. The van der Waals surface area contributed by atoms with Crippen LogP contribution >= 0.6 is 11.8 Å². The second-order valence-electron chi connectivity index (χ2n) is 4.36. The van der Waals surface area contributed by atoms with Gasteiger partial charge in [-0.05, 0) is 24.3 Å². The molecular weight excluding hydrogens is 264 g/mol. The van der Waals surface area contributed by atoms with Crippen LogP contribution in [0.3, 0.4) is 0 Å². The third-order valence-corrected chi connectivity index (χ3v) is 4.17. The highest BCUT2D eigenvalue weighted by atomic mass is 32.2. The zero-order valence-electron chi connectivity index (χ0n) is 10.3. The molecule has 0 bridgehead atoms. The minimum Gasteiger partial charge on any atom is -0.461 e. The fourth-order valence-corrected chi connectivity index (χ4v) is 3.17. The number of carbonyl (C=O) groups is 1. The topological polar surface area (TPSA) is 83.8 Å². The number of amides is 1. The summed E-state index contributed by atoms with van der Waals surface area (Å²) in [5.41, 5.74) is 0. The van der Waals surface area contributed by atoms with Crippen LogP contribution in [0.5, 0.6) is 0 Å². The molecule has 1 fully saturated rings. The molecule has 6 nitrogen and oxygen atoms in total. The van der Waals surface area contributed by atoms with E-state index in [1.165, 1.54) is 0 Å². The summed E-state index contributed by atoms with van der Waals surface area (Å²) in [6.07, 6.45) is 2.54. The largest absolute Gasteiger partial charge is 0.461 e. The molecule has 0 spiro atoms. The van der Waals surface area contributed by atoms with Crippen LogP contribution in [0.4, 0.5) is 0 Å². The lowest BCUT2D eigenvalue weighted by Gasteiger charge is -2.07. The Morgan fingerprint density at radius 3 is 3.32 bits per heavy atom. The molecule has 2 N–H and O–H groups in total. The third kappa shape index (κ3) is 2.81. The molecule has 1 unspecified atom stereocenters. The van der Waals surface area contributed by atoms with Gasteiger partial charge in [-0.15, -0.1) is 5.10 Å². The van der Waals surface area contributed by atoms with Crippen LogP contribution in [0.25, 0.3) is 11.6 Å². The van der Waals surface area contributed by atoms with Crippen LogP contribution in [0.1, 0.15) is 12.2 Å². The van der Waals surface area contributed by atoms with Gasteiger partial charge in [0, 0.05) is 11.7 Å². The Morgan fingerprint density at radius 1 is 1.63 bits per heavy atom. The lowest BCUT2D eigenvalue weighted by molar-refractivity contribution is -0.124. The minimum atomic E-state index is 0.0981. The van der Waals surface area contributed by atoms with Crippen molar-refractivity contribution >= 4 is 17.7 Å². The van der Waals surface area contributed by atoms with Gasteiger partial charge in [0.1, 0.15) is 5.82 Å². The van der Waals surface area contributed by atoms with Gasteiger partial charge >= 0.3 is 0 Å². The summed E-state index contributed by atoms with van der Waals surface area (Å²) in [7, 11) is 0. The Kier molecular flexibility index (Phi) is 3.54. The van der Waals surface area contributed by atoms with Gasteiger partial charge in [-0.25, -0.2) is 4.98 Å². The molecule has 2 aromatic rings. The molecule has 3 rings (SSSR count). The number of hydrogen-bond donors (Lipinski definition) is 2. The number of nitrogens with one attached hydrogen (secondary N) is 2. The minimum absolute atomic E-state index is 0.0981. The first-order valence-corrected chi connectivity index (χ1v) is 7.29. The van der Waals surface area contributed by atoms with Gasteiger partial charge in [-0.1, -0.05) is 0 Å². The SMILES string of the molecule is O=C(NCc1nc(-c2ccco2)n[nH]1)C1CCSC1. The average molecular weight is 278 g/mol. The molecular formula is C12H14N4O2S. The standard InChI is InChI=1S/C12H14N4O2S/c17-12(8-3-5-19-7-8)13-6-10-14-11(16-15-10)9-2-1-4-18-9/h1-2,4,8H,3,5-7H2,(H,13,17)(H,14,15,16). The Bertz CT molecular complexity index is 546. The Morgan fingerprint density at radius 2 is 2.58 bits per heavy atom. The van der Waals surface area contributed by atoms with Crippen LogP contribution in [0.2, 0.25) is 0 Å². The van der Waals surface area contributed by atoms with E-state index in [4.69, 9.17) is 4.42 Å². The molecule has 2 aromatic heterocycles. The molecule has 1 atom stereocenters. The summed E-state index contributed by atoms with van der Waals surface area (Å²) in [6.45, 7) is 0.369. The van der Waals surface area contributed by atoms with Crippen molar-refractivity contribution in [3.63, 3.8) is 0 Å². The number of carbonyl (C=O) groups excluding carboxylic acids is 1. The summed E-state index contributed by atoms with van der Waals surface area (Å²) in [5.74, 6) is 3.97. The Hall–Kier alpha value is -1.76. The Balaban J connectivity index is 1.57. The summed E-state index contributed by atoms with van der Waals surface area (Å²) < 4.78 is 5.20. The summed E-state index contributed by atoms with van der Waals surface area (Å²) in [4.78, 5) is 16.1. The van der Waals surface area contributed by atoms with Crippen molar-refractivity contribution in [2.24, 2.45) is 5.92 Å². The van der Waals surface area contributed by atoms with E-state index in [1.807, 2.05) is 11.8 Å². The predicted molar refractivity (Wildman–Crippen MR) is 71.4 cm³/mol. The van der Waals surface area contributed by atoms with Crippen LogP contribution in [0, 0.1) is 5.92 Å². The van der Waals surface area contributed by atoms with Gasteiger partial charge in [-0.2, -0.15) is 11.8 Å². The number of rotatable bonds is 4. The van der Waals surface area contributed by atoms with Crippen LogP contribution in [-0.2, 0) is 11.3 Å². The highest BCUT2D eigenvalue weighted by molar-refractivity contribution is 7.99. The molecule has 1 aliphatic rings. The van der Waals surface area contributed by atoms with Gasteiger partial charge in [0.05, 0.1) is 12.8 Å². The van der Waals surface area contributed by atoms with Crippen molar-refractivity contribution in [2.45, 2.75) is 13.0 Å². The van der Waals surface area contributed by atoms with Gasteiger partial charge in [0.15, 0.2) is 5.76 Å². The normalized spacial score (nSPS) is 18.6. The number of hydrogen-bond acceptors (Lipinski definition) is 5. The summed E-state index contributed by atoms with van der Waals surface area (Å²) in [5, 5.41) is 9.73. The van der Waals surface area contributed by atoms with Crippen LogP contribution in [-0.4, -0.2) is 32.6 Å². The van der Waals surface area contributed by atoms with E-state index in [0.717, 1.165) is 17.9 Å². The van der Waals surface area contributed by atoms with Gasteiger partial charge in [-0.3, -0.25) is 9.89 Å². The molecule has 0 aliphatic carbocycles. The van der Waals surface area contributed by atoms with E-state index in [-0.39, 0.29) is 11.8 Å². The first-order valence-electron chi connectivity index (χ1n) is 6.13. The lowest BCUT2D eigenvalue weighted by atomic mass is 10.1. The highest BCUT2D eigenvalue weighted by Crippen LogP contribution is 2.23. The second-order valence-corrected chi connectivity index (χ2v) is 5.51. The number of thioether (sulfide) groups is 1. The predicted octanol–water partition coefficient (Wildman–Crippen LogP) is 1.43. The molecule has 1 aliphatic heterocycles. The van der Waals surface area contributed by atoms with Gasteiger partial charge in [0.2, 0.25) is 11.7 Å². The number of aromatic nitrogens is 3. The first-order chi connectivity index (χ1) is 9.33. The fourth-order valence-electron chi connectivity index (χ4n) is 1.95. The maximum atomic E-state index is 11.8. The van der Waals surface area contributed by atoms with E-state index in [1.54, 1.807) is 18.4 Å². The van der Waals surface area contributed by atoms with Crippen molar-refractivity contribution in [3.8, 4) is 11.6 Å². The Labute approximate surface area is 114 Å². The van der Waals surface area contributed by atoms with Crippen molar-refractivity contribution in [3.05, 3.63) is 24.2 Å². The van der Waals surface area contributed by atoms with Crippen molar-refractivity contribution in [2.75, 3.05) is 11.5 Å². The molecule has 7 heteroatoms. The van der Waals surface area contributed by atoms with E-state index >= 15 is 0 Å². The number of aromatic amines is 1. The molecule has 1 saturated heterocycles. The average Bonchev–Trinajstić information content (AvgIpc) is 3.14. The van der Waals surface area contributed by atoms with E-state index in [2.05, 4.69) is 20.5 Å². The first kappa shape index (κ1) is 12.3. The molecule has 0 saturated carbocycles. The lowest BCUT2D eigenvalue weighted by Crippen LogP contribution is -2.30. The van der Waals surface area contributed by atoms with Crippen molar-refractivity contribution in [1.82, 2.24) is 20.5 Å². The molecule has 0 aromatic carbocycles. The maximum Gasteiger partial charge on any atom is 0.224 e. The molecule has 1 amide bonds. The zero-order chi connectivity index (χ0) is 13.1. The van der Waals surface area contributed by atoms with Crippen LogP contribution in [0.15, 0.2) is 22.8 Å². The maximum absolute atomic E-state index is 11.8. The number of H-pyrrole nitrogens is 1. The number of furan rings is 1. The van der Waals surface area contributed by atoms with Crippen LogP contribution < -0.4 is 5.32 Å². The molecule has 19 heavy (non-hydrogen) atoms. The quantitative estimate of drug-likeness (QED) is 0.884. The van der Waals surface area contributed by atoms with E-state index < -0.39 is 0 Å². The van der Waals surface area contributed by atoms with Crippen molar-refractivity contribution in [1.29, 1.82) is 0 Å². The van der Waals surface area contributed by atoms with Gasteiger partial charge in [0.25, 0.3) is 0 Å². The van der Waals surface area contributed by atoms with E-state index in [0.29, 0.717) is 24.0 Å². The molecule has 3 heterocycles. The third-order valence-electron chi connectivity index (χ3n) is 3.00. The van der Waals surface area contributed by atoms with Crippen molar-refractivity contribution < 1.29 is 9.21 Å². The fraction of sp³-hybridized carbons (Fsp3) is 0.417. The second kappa shape index (κ2) is 5.48. The number of nitrogens with zero attached hydrogens (tertiary/aromatic N) is 2. The zero-order valence-corrected chi connectivity index (χ0v) is 11.1. The molecule has 0 radical (unpaired) electrons. The smallest absolute Gasteiger partial charge is 0.224 e. The summed E-state index contributed by atoms with van der Waals surface area (Å²) >= 11 is 1.83. The monoisotopic (exact) mass is 278 g/mol.